The van der Waals surface area contributed by atoms with E-state index in [2.05, 4.69) is 10.3 Å². The molecule has 0 fully saturated rings. The number of hydrogen-bond acceptors (Lipinski definition) is 3. The maximum atomic E-state index is 12.8. The van der Waals surface area contributed by atoms with Crippen LogP contribution < -0.4 is 10.2 Å². The molecule has 0 unspecified atom stereocenters. The quantitative estimate of drug-likeness (QED) is 0.642. The summed E-state index contributed by atoms with van der Waals surface area (Å²) >= 11 is 0. The molecule has 1 aliphatic heterocycles. The van der Waals surface area contributed by atoms with Gasteiger partial charge in [0.15, 0.2) is 0 Å². The van der Waals surface area contributed by atoms with Gasteiger partial charge >= 0.3 is 6.18 Å². The normalized spacial score (nSPS) is 13.9. The van der Waals surface area contributed by atoms with Gasteiger partial charge in [-0.05, 0) is 59.5 Å². The van der Waals surface area contributed by atoms with E-state index in [0.29, 0.717) is 24.2 Å². The van der Waals surface area contributed by atoms with Crippen LogP contribution in [0.1, 0.15) is 17.5 Å². The third-order valence-corrected chi connectivity index (χ3v) is 5.04. The van der Waals surface area contributed by atoms with E-state index in [4.69, 9.17) is 0 Å². The first-order chi connectivity index (χ1) is 13.8. The molecule has 148 valence electrons. The van der Waals surface area contributed by atoms with Crippen molar-refractivity contribution >= 4 is 23.1 Å². The Morgan fingerprint density at radius 2 is 1.76 bits per heavy atom. The highest BCUT2D eigenvalue weighted by molar-refractivity contribution is 5.97. The van der Waals surface area contributed by atoms with Crippen LogP contribution >= 0.6 is 0 Å². The summed E-state index contributed by atoms with van der Waals surface area (Å²) in [4.78, 5) is 17.9. The minimum atomic E-state index is -4.36. The average molecular weight is 397 g/mol. The maximum Gasteiger partial charge on any atom is 0.416 e. The molecule has 1 aromatic heterocycles. The van der Waals surface area contributed by atoms with Gasteiger partial charge in [0, 0.05) is 31.0 Å². The zero-order chi connectivity index (χ0) is 20.6. The monoisotopic (exact) mass is 397 g/mol. The lowest BCUT2D eigenvalue weighted by Crippen LogP contribution is -2.31. The predicted molar refractivity (Wildman–Crippen MR) is 106 cm³/mol. The molecule has 0 atom stereocenters. The molecule has 0 bridgehead atoms. The Labute approximate surface area is 166 Å². The van der Waals surface area contributed by atoms with Crippen LogP contribution in [0.5, 0.6) is 0 Å². The van der Waals surface area contributed by atoms with Crippen LogP contribution in [0.25, 0.3) is 11.1 Å². The molecule has 1 N–H and O–H groups in total. The van der Waals surface area contributed by atoms with Crippen LogP contribution in [0.2, 0.25) is 0 Å². The Balaban J connectivity index is 1.62. The van der Waals surface area contributed by atoms with E-state index in [1.165, 1.54) is 12.1 Å². The molecule has 1 aliphatic rings. The minimum absolute atomic E-state index is 0.0806. The second-order valence-corrected chi connectivity index (χ2v) is 6.89. The molecule has 2 aromatic carbocycles. The first-order valence-corrected chi connectivity index (χ1v) is 9.12. The van der Waals surface area contributed by atoms with Gasteiger partial charge in [-0.1, -0.05) is 18.2 Å². The van der Waals surface area contributed by atoms with E-state index >= 15 is 0 Å². The SMILES string of the molecule is CN1C(=O)CCc2c(Nc3cc(-c4ccc(C(F)(F)F)cc4)ccn3)cccc21. The zero-order valence-corrected chi connectivity index (χ0v) is 15.6. The summed E-state index contributed by atoms with van der Waals surface area (Å²) in [6.45, 7) is 0. The average Bonchev–Trinajstić information content (AvgIpc) is 2.71. The van der Waals surface area contributed by atoms with E-state index in [9.17, 15) is 18.0 Å². The first kappa shape index (κ1) is 19.0. The van der Waals surface area contributed by atoms with E-state index in [-0.39, 0.29) is 5.91 Å². The summed E-state index contributed by atoms with van der Waals surface area (Å²) in [7, 11) is 1.76. The van der Waals surface area contributed by atoms with E-state index in [1.54, 1.807) is 30.3 Å². The summed E-state index contributed by atoms with van der Waals surface area (Å²) in [5.41, 5.74) is 3.51. The van der Waals surface area contributed by atoms with Crippen LogP contribution in [0.3, 0.4) is 0 Å². The van der Waals surface area contributed by atoms with Gasteiger partial charge in [-0.25, -0.2) is 4.98 Å². The van der Waals surface area contributed by atoms with Crippen molar-refractivity contribution in [1.29, 1.82) is 0 Å². The highest BCUT2D eigenvalue weighted by Gasteiger charge is 2.30. The fourth-order valence-electron chi connectivity index (χ4n) is 3.47. The second kappa shape index (κ2) is 7.24. The zero-order valence-electron chi connectivity index (χ0n) is 15.6. The van der Waals surface area contributed by atoms with E-state index in [1.807, 2.05) is 18.2 Å². The molecule has 29 heavy (non-hydrogen) atoms. The summed E-state index contributed by atoms with van der Waals surface area (Å²) in [6, 6.07) is 14.3. The number of fused-ring (bicyclic) bond motifs is 1. The number of carbonyl (C=O) groups is 1. The molecular formula is C22H18F3N3O. The molecule has 0 radical (unpaired) electrons. The van der Waals surface area contributed by atoms with Crippen molar-refractivity contribution in [2.75, 3.05) is 17.3 Å². The number of alkyl halides is 3. The van der Waals surface area contributed by atoms with Gasteiger partial charge in [0.05, 0.1) is 5.56 Å². The van der Waals surface area contributed by atoms with E-state index < -0.39 is 11.7 Å². The largest absolute Gasteiger partial charge is 0.416 e. The Morgan fingerprint density at radius 1 is 1.00 bits per heavy atom. The molecule has 0 spiro atoms. The third kappa shape index (κ3) is 3.81. The number of hydrogen-bond donors (Lipinski definition) is 1. The van der Waals surface area contributed by atoms with Crippen molar-refractivity contribution in [3.8, 4) is 11.1 Å². The second-order valence-electron chi connectivity index (χ2n) is 6.89. The molecule has 0 aliphatic carbocycles. The maximum absolute atomic E-state index is 12.8. The van der Waals surface area contributed by atoms with Crippen LogP contribution in [-0.4, -0.2) is 17.9 Å². The highest BCUT2D eigenvalue weighted by atomic mass is 19.4. The molecule has 4 nitrogen and oxygen atoms in total. The molecule has 1 amide bonds. The lowest BCUT2D eigenvalue weighted by atomic mass is 9.99. The molecule has 2 heterocycles. The van der Waals surface area contributed by atoms with Crippen molar-refractivity contribution in [3.05, 3.63) is 71.9 Å². The summed E-state index contributed by atoms with van der Waals surface area (Å²) in [5, 5.41) is 3.28. The predicted octanol–water partition coefficient (Wildman–Crippen LogP) is 5.42. The van der Waals surface area contributed by atoms with Crippen molar-refractivity contribution in [3.63, 3.8) is 0 Å². The van der Waals surface area contributed by atoms with Crippen LogP contribution in [0.4, 0.5) is 30.4 Å². The van der Waals surface area contributed by atoms with Crippen molar-refractivity contribution in [2.24, 2.45) is 0 Å². The fraction of sp³-hybridized carbons (Fsp3) is 0.182. The molecule has 0 saturated heterocycles. The van der Waals surface area contributed by atoms with E-state index in [0.717, 1.165) is 34.6 Å². The van der Waals surface area contributed by atoms with Gasteiger partial charge in [-0.2, -0.15) is 13.2 Å². The summed E-state index contributed by atoms with van der Waals surface area (Å²) < 4.78 is 38.3. The number of pyridine rings is 1. The van der Waals surface area contributed by atoms with Crippen LogP contribution in [-0.2, 0) is 17.4 Å². The van der Waals surface area contributed by atoms with Crippen LogP contribution in [0, 0.1) is 0 Å². The summed E-state index contributed by atoms with van der Waals surface area (Å²) in [5.74, 6) is 0.660. The Kier molecular flexibility index (Phi) is 4.74. The lowest BCUT2D eigenvalue weighted by molar-refractivity contribution is -0.137. The number of aromatic nitrogens is 1. The lowest BCUT2D eigenvalue weighted by Gasteiger charge is -2.27. The number of rotatable bonds is 3. The van der Waals surface area contributed by atoms with Crippen LogP contribution in [0.15, 0.2) is 60.8 Å². The Morgan fingerprint density at radius 3 is 2.48 bits per heavy atom. The number of halogens is 3. The van der Waals surface area contributed by atoms with Crippen molar-refractivity contribution in [2.45, 2.75) is 19.0 Å². The Hall–Kier alpha value is -3.35. The van der Waals surface area contributed by atoms with Gasteiger partial charge in [-0.3, -0.25) is 4.79 Å². The molecule has 7 heteroatoms. The molecule has 0 saturated carbocycles. The van der Waals surface area contributed by atoms with Gasteiger partial charge in [0.1, 0.15) is 5.82 Å². The van der Waals surface area contributed by atoms with Crippen molar-refractivity contribution in [1.82, 2.24) is 4.98 Å². The van der Waals surface area contributed by atoms with Gasteiger partial charge < -0.3 is 10.2 Å². The fourth-order valence-corrected chi connectivity index (χ4v) is 3.47. The third-order valence-electron chi connectivity index (χ3n) is 5.04. The number of anilines is 3. The molecule has 4 rings (SSSR count). The smallest absolute Gasteiger partial charge is 0.340 e. The van der Waals surface area contributed by atoms with Gasteiger partial charge in [0.2, 0.25) is 5.91 Å². The standard InChI is InChI=1S/C22H18F3N3O/c1-28-19-4-2-3-18(17(19)9-10-21(28)29)27-20-13-15(11-12-26-20)14-5-7-16(8-6-14)22(23,24)25/h2-8,11-13H,9-10H2,1H3,(H,26,27). The topological polar surface area (TPSA) is 45.2 Å². The van der Waals surface area contributed by atoms with Gasteiger partial charge in [0.25, 0.3) is 0 Å². The molecular weight excluding hydrogens is 379 g/mol. The van der Waals surface area contributed by atoms with Crippen molar-refractivity contribution < 1.29 is 18.0 Å². The number of carbonyl (C=O) groups excluding carboxylic acids is 1. The minimum Gasteiger partial charge on any atom is -0.340 e. The first-order valence-electron chi connectivity index (χ1n) is 9.12. The number of nitrogens with zero attached hydrogens (tertiary/aromatic N) is 2. The number of benzene rings is 2. The summed E-state index contributed by atoms with van der Waals surface area (Å²) in [6.07, 6.45) is -1.66. The number of amides is 1. The number of nitrogens with one attached hydrogen (secondary N) is 1. The Bertz CT molecular complexity index is 1060. The highest BCUT2D eigenvalue weighted by Crippen LogP contribution is 2.35. The molecule has 3 aromatic rings. The van der Waals surface area contributed by atoms with Gasteiger partial charge in [-0.15, -0.1) is 0 Å².